The number of aromatic nitrogens is 2. The summed E-state index contributed by atoms with van der Waals surface area (Å²) in [6.45, 7) is 3.35. The molecule has 1 atom stereocenters. The third kappa shape index (κ3) is 4.12. The standard InChI is InChI=1S/C27H27N3O3S/c1-17-18(7-6-10-23(17)30-24-9-5-4-8-22(24)29-27(30)34-3)15-28-20-11-12-21-19(13-26(31)32-2)16-33-25(21)14-20/h4-12,14,19,28H,13,15-16H2,1-3H3/t19-/m1/s1. The SMILES string of the molecule is COC(=O)C[C@@H]1COc2cc(NCc3cccc(-n4c(SC)nc5ccccc54)c3C)ccc21. The van der Waals surface area contributed by atoms with E-state index in [1.54, 1.807) is 11.8 Å². The van der Waals surface area contributed by atoms with Gasteiger partial charge in [-0.15, -0.1) is 0 Å². The molecule has 0 bridgehead atoms. The van der Waals surface area contributed by atoms with Crippen LogP contribution in [0.15, 0.2) is 65.8 Å². The highest BCUT2D eigenvalue weighted by molar-refractivity contribution is 7.98. The molecule has 1 aliphatic heterocycles. The normalized spacial score (nSPS) is 14.6. The number of carbonyl (C=O) groups excluding carboxylic acids is 1. The summed E-state index contributed by atoms with van der Waals surface area (Å²) < 4.78 is 12.9. The zero-order valence-electron chi connectivity index (χ0n) is 19.5. The van der Waals surface area contributed by atoms with Gasteiger partial charge in [0, 0.05) is 29.8 Å². The number of para-hydroxylation sites is 2. The average Bonchev–Trinajstić information content (AvgIpc) is 3.44. The number of methoxy groups -OCH3 is 1. The molecule has 7 heteroatoms. The first-order valence-electron chi connectivity index (χ1n) is 11.3. The van der Waals surface area contributed by atoms with E-state index in [0.29, 0.717) is 19.6 Å². The fourth-order valence-corrected chi connectivity index (χ4v) is 5.08. The molecule has 0 amide bonds. The second-order valence-corrected chi connectivity index (χ2v) is 9.15. The van der Waals surface area contributed by atoms with Crippen LogP contribution in [-0.4, -0.2) is 35.5 Å². The third-order valence-electron chi connectivity index (χ3n) is 6.39. The van der Waals surface area contributed by atoms with Gasteiger partial charge in [0.2, 0.25) is 0 Å². The molecular formula is C27H27N3O3S. The fraction of sp³-hybridized carbons (Fsp3) is 0.259. The number of imidazole rings is 1. The molecule has 0 fully saturated rings. The average molecular weight is 474 g/mol. The van der Waals surface area contributed by atoms with Gasteiger partial charge < -0.3 is 14.8 Å². The number of thioether (sulfide) groups is 1. The predicted molar refractivity (Wildman–Crippen MR) is 136 cm³/mol. The van der Waals surface area contributed by atoms with Crippen LogP contribution in [0.25, 0.3) is 16.7 Å². The Morgan fingerprint density at radius 1 is 1.21 bits per heavy atom. The number of esters is 1. The van der Waals surface area contributed by atoms with Gasteiger partial charge in [-0.1, -0.05) is 42.1 Å². The van der Waals surface area contributed by atoms with Gasteiger partial charge in [0.05, 0.1) is 36.9 Å². The number of fused-ring (bicyclic) bond motifs is 2. The Kier molecular flexibility index (Phi) is 6.20. The first-order valence-corrected chi connectivity index (χ1v) is 12.5. The van der Waals surface area contributed by atoms with Crippen LogP contribution in [0, 0.1) is 6.92 Å². The minimum Gasteiger partial charge on any atom is -0.493 e. The van der Waals surface area contributed by atoms with Crippen LogP contribution < -0.4 is 10.1 Å². The summed E-state index contributed by atoms with van der Waals surface area (Å²) in [7, 11) is 1.42. The van der Waals surface area contributed by atoms with E-state index in [9.17, 15) is 4.79 Å². The van der Waals surface area contributed by atoms with Crippen LogP contribution in [-0.2, 0) is 16.1 Å². The summed E-state index contributed by atoms with van der Waals surface area (Å²) in [5.41, 5.74) is 7.72. The molecule has 0 spiro atoms. The molecule has 5 rings (SSSR count). The van der Waals surface area contributed by atoms with E-state index in [4.69, 9.17) is 14.5 Å². The number of ether oxygens (including phenoxy) is 2. The fourth-order valence-electron chi connectivity index (χ4n) is 4.51. The number of hydrogen-bond donors (Lipinski definition) is 1. The summed E-state index contributed by atoms with van der Waals surface area (Å²) >= 11 is 1.65. The minimum absolute atomic E-state index is 0.0473. The Hall–Kier alpha value is -3.45. The summed E-state index contributed by atoms with van der Waals surface area (Å²) in [6, 6.07) is 20.8. The number of nitrogens with one attached hydrogen (secondary N) is 1. The van der Waals surface area contributed by atoms with E-state index in [0.717, 1.165) is 38.9 Å². The molecule has 0 radical (unpaired) electrons. The van der Waals surface area contributed by atoms with E-state index in [1.807, 2.05) is 24.3 Å². The molecule has 0 saturated heterocycles. The molecule has 1 aliphatic rings. The highest BCUT2D eigenvalue weighted by Gasteiger charge is 2.27. The minimum atomic E-state index is -0.214. The van der Waals surface area contributed by atoms with E-state index < -0.39 is 0 Å². The molecule has 34 heavy (non-hydrogen) atoms. The maximum Gasteiger partial charge on any atom is 0.306 e. The number of anilines is 1. The summed E-state index contributed by atoms with van der Waals surface area (Å²) in [6.07, 6.45) is 2.40. The van der Waals surface area contributed by atoms with Gasteiger partial charge in [-0.3, -0.25) is 9.36 Å². The highest BCUT2D eigenvalue weighted by atomic mass is 32.2. The lowest BCUT2D eigenvalue weighted by atomic mass is 9.97. The summed E-state index contributed by atoms with van der Waals surface area (Å²) in [5, 5.41) is 4.51. The van der Waals surface area contributed by atoms with Crippen LogP contribution in [0.2, 0.25) is 0 Å². The van der Waals surface area contributed by atoms with Gasteiger partial charge in [-0.2, -0.15) is 0 Å². The van der Waals surface area contributed by atoms with Crippen molar-refractivity contribution >= 4 is 34.5 Å². The zero-order valence-corrected chi connectivity index (χ0v) is 20.3. The van der Waals surface area contributed by atoms with E-state index in [-0.39, 0.29) is 11.9 Å². The Bertz CT molecular complexity index is 1360. The first kappa shape index (κ1) is 22.3. The lowest BCUT2D eigenvalue weighted by Crippen LogP contribution is -2.09. The molecule has 174 valence electrons. The first-order chi connectivity index (χ1) is 16.6. The molecule has 0 unspecified atom stereocenters. The van der Waals surface area contributed by atoms with Crippen LogP contribution in [0.1, 0.15) is 29.0 Å². The molecule has 1 N–H and O–H groups in total. The largest absolute Gasteiger partial charge is 0.493 e. The van der Waals surface area contributed by atoms with Gasteiger partial charge >= 0.3 is 5.97 Å². The van der Waals surface area contributed by atoms with Crippen LogP contribution in [0.3, 0.4) is 0 Å². The molecule has 0 aliphatic carbocycles. The molecular weight excluding hydrogens is 446 g/mol. The number of nitrogens with zero attached hydrogens (tertiary/aromatic N) is 2. The summed E-state index contributed by atoms with van der Waals surface area (Å²) in [4.78, 5) is 16.5. The van der Waals surface area contributed by atoms with Gasteiger partial charge in [-0.05, 0) is 48.6 Å². The second kappa shape index (κ2) is 9.43. The predicted octanol–water partition coefficient (Wildman–Crippen LogP) is 5.71. The van der Waals surface area contributed by atoms with Crippen molar-refractivity contribution < 1.29 is 14.3 Å². The Morgan fingerprint density at radius 2 is 2.06 bits per heavy atom. The number of carbonyl (C=O) groups is 1. The van der Waals surface area contributed by atoms with Crippen molar-refractivity contribution in [1.82, 2.24) is 9.55 Å². The topological polar surface area (TPSA) is 65.4 Å². The smallest absolute Gasteiger partial charge is 0.306 e. The van der Waals surface area contributed by atoms with E-state index in [1.165, 1.54) is 18.2 Å². The third-order valence-corrected chi connectivity index (χ3v) is 7.03. The van der Waals surface area contributed by atoms with Gasteiger partial charge in [0.25, 0.3) is 0 Å². The van der Waals surface area contributed by atoms with Crippen molar-refractivity contribution in [3.63, 3.8) is 0 Å². The van der Waals surface area contributed by atoms with E-state index in [2.05, 4.69) is 59.5 Å². The highest BCUT2D eigenvalue weighted by Crippen LogP contribution is 2.38. The van der Waals surface area contributed by atoms with Gasteiger partial charge in [0.15, 0.2) is 5.16 Å². The Labute approximate surface area is 203 Å². The molecule has 2 heterocycles. The lowest BCUT2D eigenvalue weighted by Gasteiger charge is -2.16. The molecule has 1 aromatic heterocycles. The molecule has 6 nitrogen and oxygen atoms in total. The lowest BCUT2D eigenvalue weighted by molar-refractivity contribution is -0.141. The van der Waals surface area contributed by atoms with Gasteiger partial charge in [-0.25, -0.2) is 4.98 Å². The van der Waals surface area contributed by atoms with Crippen LogP contribution in [0.4, 0.5) is 5.69 Å². The zero-order chi connectivity index (χ0) is 23.7. The molecule has 3 aromatic carbocycles. The molecule has 4 aromatic rings. The van der Waals surface area contributed by atoms with Crippen molar-refractivity contribution in [2.45, 2.75) is 31.0 Å². The van der Waals surface area contributed by atoms with Crippen LogP contribution in [0.5, 0.6) is 5.75 Å². The van der Waals surface area contributed by atoms with E-state index >= 15 is 0 Å². The van der Waals surface area contributed by atoms with Crippen molar-refractivity contribution in [1.29, 1.82) is 0 Å². The van der Waals surface area contributed by atoms with Crippen molar-refractivity contribution in [2.24, 2.45) is 0 Å². The monoisotopic (exact) mass is 473 g/mol. The quantitative estimate of drug-likeness (QED) is 0.274. The summed E-state index contributed by atoms with van der Waals surface area (Å²) in [5.74, 6) is 0.666. The number of benzene rings is 3. The number of hydrogen-bond acceptors (Lipinski definition) is 6. The van der Waals surface area contributed by atoms with Crippen molar-refractivity contribution in [3.8, 4) is 11.4 Å². The second-order valence-electron chi connectivity index (χ2n) is 8.38. The maximum absolute atomic E-state index is 11.7. The Morgan fingerprint density at radius 3 is 2.88 bits per heavy atom. The van der Waals surface area contributed by atoms with Crippen molar-refractivity contribution in [2.75, 3.05) is 25.3 Å². The molecule has 0 saturated carbocycles. The maximum atomic E-state index is 11.7. The van der Waals surface area contributed by atoms with Crippen molar-refractivity contribution in [3.05, 3.63) is 77.4 Å². The Balaban J connectivity index is 1.38. The van der Waals surface area contributed by atoms with Crippen LogP contribution >= 0.6 is 11.8 Å². The van der Waals surface area contributed by atoms with Gasteiger partial charge in [0.1, 0.15) is 5.75 Å². The number of rotatable bonds is 7.